The number of rotatable bonds is 8. The molecule has 3 atom stereocenters. The van der Waals surface area contributed by atoms with Gasteiger partial charge in [0, 0.05) is 24.8 Å². The van der Waals surface area contributed by atoms with Gasteiger partial charge in [-0.25, -0.2) is 9.59 Å². The summed E-state index contributed by atoms with van der Waals surface area (Å²) in [5.74, 6) is -2.26. The number of nitro benzene ring substituents is 1. The average molecular weight is 427 g/mol. The third-order valence-electron chi connectivity index (χ3n) is 4.24. The molecule has 1 amide bonds. The first-order valence-electron chi connectivity index (χ1n) is 8.51. The van der Waals surface area contributed by atoms with Gasteiger partial charge in [0.2, 0.25) is 5.91 Å². The van der Waals surface area contributed by atoms with Crippen molar-refractivity contribution in [3.63, 3.8) is 0 Å². The lowest BCUT2D eigenvalue weighted by Crippen LogP contribution is -2.62. The number of nitro groups is 1. The number of amides is 1. The summed E-state index contributed by atoms with van der Waals surface area (Å²) in [6.45, 7) is 2.97. The molecule has 2 rings (SSSR count). The van der Waals surface area contributed by atoms with E-state index >= 15 is 0 Å². The summed E-state index contributed by atoms with van der Waals surface area (Å²) in [5, 5.41) is 19.3. The molecule has 1 saturated heterocycles. The van der Waals surface area contributed by atoms with Gasteiger partial charge >= 0.3 is 12.1 Å². The van der Waals surface area contributed by atoms with Crippen LogP contribution in [-0.2, 0) is 25.7 Å². The number of benzene rings is 1. The van der Waals surface area contributed by atoms with Crippen LogP contribution in [0, 0.1) is 16.0 Å². The van der Waals surface area contributed by atoms with Crippen molar-refractivity contribution in [3.8, 4) is 0 Å². The molecule has 11 heteroatoms. The van der Waals surface area contributed by atoms with Crippen molar-refractivity contribution < 1.29 is 33.9 Å². The zero-order valence-corrected chi connectivity index (χ0v) is 16.4. The van der Waals surface area contributed by atoms with Gasteiger partial charge in [-0.15, -0.1) is 0 Å². The average Bonchev–Trinajstić information content (AvgIpc) is 2.64. The van der Waals surface area contributed by atoms with Gasteiger partial charge in [0.15, 0.2) is 0 Å². The number of ether oxygens (including phenoxy) is 2. The summed E-state index contributed by atoms with van der Waals surface area (Å²) in [6, 6.07) is 5.47. The van der Waals surface area contributed by atoms with Crippen LogP contribution in [0.5, 0.6) is 0 Å². The number of halogens is 1. The number of alkyl halides is 1. The molecule has 1 fully saturated rings. The minimum atomic E-state index is -1.12. The van der Waals surface area contributed by atoms with Gasteiger partial charge in [-0.1, -0.05) is 11.6 Å². The number of carboxylic acids is 1. The maximum Gasteiger partial charge on any atom is 0.508 e. The molecule has 1 aliphatic rings. The van der Waals surface area contributed by atoms with Crippen LogP contribution in [0.2, 0.25) is 0 Å². The van der Waals surface area contributed by atoms with Gasteiger partial charge in [0.1, 0.15) is 24.1 Å². The monoisotopic (exact) mass is 426 g/mol. The highest BCUT2D eigenvalue weighted by Crippen LogP contribution is 2.34. The first kappa shape index (κ1) is 22.2. The largest absolute Gasteiger partial charge is 0.508 e. The third kappa shape index (κ3) is 5.67. The first-order chi connectivity index (χ1) is 13.6. The number of carboxylic acid groups (broad SMARTS) is 1. The van der Waals surface area contributed by atoms with E-state index in [4.69, 9.17) is 26.2 Å². The zero-order valence-electron chi connectivity index (χ0n) is 15.6. The lowest BCUT2D eigenvalue weighted by molar-refractivity contribution is -0.384. The molecule has 29 heavy (non-hydrogen) atoms. The summed E-state index contributed by atoms with van der Waals surface area (Å²) in [6.07, 6.45) is -0.873. The topological polar surface area (TPSA) is 136 Å². The molecule has 156 valence electrons. The van der Waals surface area contributed by atoms with E-state index in [-0.39, 0.29) is 24.7 Å². The molecule has 0 saturated carbocycles. The van der Waals surface area contributed by atoms with E-state index in [1.807, 2.05) is 0 Å². The Labute approximate surface area is 170 Å². The molecule has 0 aliphatic carbocycles. The fourth-order valence-electron chi connectivity index (χ4n) is 2.77. The van der Waals surface area contributed by atoms with Crippen molar-refractivity contribution >= 4 is 35.3 Å². The van der Waals surface area contributed by atoms with Gasteiger partial charge < -0.3 is 19.5 Å². The molecular weight excluding hydrogens is 408 g/mol. The van der Waals surface area contributed by atoms with Crippen molar-refractivity contribution in [2.45, 2.75) is 32.1 Å². The van der Waals surface area contributed by atoms with Crippen molar-refractivity contribution in [1.82, 2.24) is 4.90 Å². The summed E-state index contributed by atoms with van der Waals surface area (Å²) < 4.78 is 10.0. The van der Waals surface area contributed by atoms with Crippen molar-refractivity contribution in [3.05, 3.63) is 51.6 Å². The highest BCUT2D eigenvalue weighted by molar-refractivity contribution is 6.25. The minimum Gasteiger partial charge on any atom is -0.478 e. The quantitative estimate of drug-likeness (QED) is 0.127. The Kier molecular flexibility index (Phi) is 7.16. The molecule has 10 nitrogen and oxygen atoms in total. The molecule has 1 N–H and O–H groups in total. The van der Waals surface area contributed by atoms with E-state index in [2.05, 4.69) is 0 Å². The predicted molar refractivity (Wildman–Crippen MR) is 100 cm³/mol. The number of β-lactam (4-membered cyclic amide) rings is 1. The molecule has 0 spiro atoms. The Morgan fingerprint density at radius 2 is 2.00 bits per heavy atom. The van der Waals surface area contributed by atoms with E-state index in [1.165, 1.54) is 36.1 Å². The predicted octanol–water partition coefficient (Wildman–Crippen LogP) is 2.69. The van der Waals surface area contributed by atoms with Gasteiger partial charge in [-0.3, -0.25) is 14.9 Å². The Bertz CT molecular complexity index is 839. The number of hydrogen-bond acceptors (Lipinski definition) is 7. The SMILES string of the molecule is CC(=CC(=O)O)CN1C(=O)[C@H]([C@H](C)OC(=O)OCc2ccc([N+](=O)[O-])cc2)[C@H]1Cl. The number of likely N-dealkylation sites (tertiary alicyclic amines) is 1. The summed E-state index contributed by atoms with van der Waals surface area (Å²) in [4.78, 5) is 46.1. The Morgan fingerprint density at radius 3 is 2.52 bits per heavy atom. The third-order valence-corrected chi connectivity index (χ3v) is 4.75. The van der Waals surface area contributed by atoms with Crippen LogP contribution < -0.4 is 0 Å². The van der Waals surface area contributed by atoms with E-state index in [1.54, 1.807) is 6.92 Å². The van der Waals surface area contributed by atoms with Crippen LogP contribution in [-0.4, -0.2) is 51.1 Å². The van der Waals surface area contributed by atoms with Crippen molar-refractivity contribution in [2.24, 2.45) is 5.92 Å². The molecule has 1 heterocycles. The molecule has 0 aromatic heterocycles. The normalized spacial score (nSPS) is 19.9. The van der Waals surface area contributed by atoms with Crippen LogP contribution in [0.1, 0.15) is 19.4 Å². The first-order valence-corrected chi connectivity index (χ1v) is 8.95. The second-order valence-corrected chi connectivity index (χ2v) is 6.93. The Hall–Kier alpha value is -3.14. The van der Waals surface area contributed by atoms with E-state index in [9.17, 15) is 24.5 Å². The summed E-state index contributed by atoms with van der Waals surface area (Å²) >= 11 is 6.19. The zero-order chi connectivity index (χ0) is 21.7. The highest BCUT2D eigenvalue weighted by Gasteiger charge is 2.50. The molecule has 0 radical (unpaired) electrons. The minimum absolute atomic E-state index is 0.0626. The van der Waals surface area contributed by atoms with Crippen LogP contribution in [0.15, 0.2) is 35.9 Å². The van der Waals surface area contributed by atoms with Gasteiger partial charge in [-0.05, 0) is 37.1 Å². The molecule has 1 aromatic rings. The highest BCUT2D eigenvalue weighted by atomic mass is 35.5. The molecule has 0 unspecified atom stereocenters. The second-order valence-electron chi connectivity index (χ2n) is 6.48. The van der Waals surface area contributed by atoms with Gasteiger partial charge in [0.05, 0.1) is 4.92 Å². The molecular formula is C18H19ClN2O8. The lowest BCUT2D eigenvalue weighted by Gasteiger charge is -2.45. The van der Waals surface area contributed by atoms with Crippen LogP contribution in [0.4, 0.5) is 10.5 Å². The fraction of sp³-hybridized carbons (Fsp3) is 0.389. The molecule has 0 bridgehead atoms. The molecule has 1 aliphatic heterocycles. The number of carbonyl (C=O) groups is 3. The number of non-ortho nitro benzene ring substituents is 1. The van der Waals surface area contributed by atoms with E-state index in [0.717, 1.165) is 6.08 Å². The number of hydrogen-bond donors (Lipinski definition) is 1. The smallest absolute Gasteiger partial charge is 0.478 e. The van der Waals surface area contributed by atoms with Gasteiger partial charge in [0.25, 0.3) is 5.69 Å². The van der Waals surface area contributed by atoms with Crippen LogP contribution in [0.3, 0.4) is 0 Å². The maximum absolute atomic E-state index is 12.3. The summed E-state index contributed by atoms with van der Waals surface area (Å²) in [5.41, 5.74) is 0.143. The standard InChI is InChI=1S/C18H19ClN2O8/c1-10(7-14(22)23)8-20-16(19)15(17(20)24)11(2)29-18(25)28-9-12-3-5-13(6-4-12)21(26)27/h3-7,11,15-16H,8-9H2,1-2H3,(H,22,23)/t11-,15+,16-/m0/s1. The van der Waals surface area contributed by atoms with Gasteiger partial charge in [-0.2, -0.15) is 0 Å². The lowest BCUT2D eigenvalue weighted by atomic mass is 9.92. The Balaban J connectivity index is 1.83. The van der Waals surface area contributed by atoms with Crippen molar-refractivity contribution in [2.75, 3.05) is 6.54 Å². The Morgan fingerprint density at radius 1 is 1.38 bits per heavy atom. The summed E-state index contributed by atoms with van der Waals surface area (Å²) in [7, 11) is 0. The molecule has 1 aromatic carbocycles. The maximum atomic E-state index is 12.3. The van der Waals surface area contributed by atoms with E-state index in [0.29, 0.717) is 11.1 Å². The number of aliphatic carboxylic acids is 1. The fourth-order valence-corrected chi connectivity index (χ4v) is 3.25. The van der Waals surface area contributed by atoms with Crippen LogP contribution in [0.25, 0.3) is 0 Å². The second kappa shape index (κ2) is 9.37. The van der Waals surface area contributed by atoms with E-state index < -0.39 is 34.6 Å². The van der Waals surface area contributed by atoms with Crippen molar-refractivity contribution in [1.29, 1.82) is 0 Å². The number of carbonyl (C=O) groups excluding carboxylic acids is 2. The van der Waals surface area contributed by atoms with Crippen LogP contribution >= 0.6 is 11.6 Å². The number of nitrogens with zero attached hydrogens (tertiary/aromatic N) is 2.